The molecule has 1 aliphatic carbocycles. The summed E-state index contributed by atoms with van der Waals surface area (Å²) in [5, 5.41) is 3.46. The van der Waals surface area contributed by atoms with E-state index >= 15 is 0 Å². The van der Waals surface area contributed by atoms with Crippen LogP contribution in [0, 0.1) is 5.92 Å². The normalized spacial score (nSPS) is 21.0. The lowest BCUT2D eigenvalue weighted by Gasteiger charge is -2.21. The lowest BCUT2D eigenvalue weighted by Crippen LogP contribution is -2.24. The van der Waals surface area contributed by atoms with Crippen molar-refractivity contribution in [1.29, 1.82) is 0 Å². The Morgan fingerprint density at radius 1 is 1.19 bits per heavy atom. The zero-order chi connectivity index (χ0) is 10.8. The van der Waals surface area contributed by atoms with Gasteiger partial charge in [-0.1, -0.05) is 43.9 Å². The van der Waals surface area contributed by atoms with E-state index in [1.165, 1.54) is 38.5 Å². The van der Waals surface area contributed by atoms with Crippen LogP contribution < -0.4 is 5.32 Å². The van der Waals surface area contributed by atoms with Crippen LogP contribution >= 0.6 is 0 Å². The largest absolute Gasteiger partial charge is 0.312 e. The van der Waals surface area contributed by atoms with Crippen LogP contribution in [0.3, 0.4) is 0 Å². The van der Waals surface area contributed by atoms with E-state index < -0.39 is 0 Å². The number of rotatable bonds is 2. The van der Waals surface area contributed by atoms with Crippen molar-refractivity contribution < 1.29 is 0 Å². The molecule has 1 N–H and O–H groups in total. The first-order valence-electron chi connectivity index (χ1n) is 6.74. The second-order valence-corrected chi connectivity index (χ2v) is 5.34. The highest BCUT2D eigenvalue weighted by atomic mass is 14.9. The average Bonchev–Trinajstić information content (AvgIpc) is 2.82. The third-order valence-electron chi connectivity index (χ3n) is 4.22. The molecule has 0 saturated heterocycles. The number of hydrogen-bond donors (Lipinski definition) is 1. The number of benzene rings is 1. The van der Waals surface area contributed by atoms with Crippen molar-refractivity contribution in [1.82, 2.24) is 5.32 Å². The Morgan fingerprint density at radius 3 is 2.94 bits per heavy atom. The molecule has 1 aromatic rings. The summed E-state index contributed by atoms with van der Waals surface area (Å²) in [6.07, 6.45) is 8.41. The highest BCUT2D eigenvalue weighted by molar-refractivity contribution is 5.37. The van der Waals surface area contributed by atoms with Crippen molar-refractivity contribution in [2.45, 2.75) is 45.1 Å². The predicted octanol–water partition coefficient (Wildman–Crippen LogP) is 3.07. The maximum absolute atomic E-state index is 3.46. The highest BCUT2D eigenvalue weighted by Crippen LogP contribution is 2.30. The van der Waals surface area contributed by atoms with E-state index in [9.17, 15) is 0 Å². The molecule has 3 rings (SSSR count). The Labute approximate surface area is 98.3 Å². The Kier molecular flexibility index (Phi) is 2.96. The van der Waals surface area contributed by atoms with Gasteiger partial charge in [0.15, 0.2) is 0 Å². The van der Waals surface area contributed by atoms with Gasteiger partial charge in [0.2, 0.25) is 0 Å². The lowest BCUT2D eigenvalue weighted by molar-refractivity contribution is 0.539. The van der Waals surface area contributed by atoms with E-state index in [0.717, 1.165) is 19.0 Å². The smallest absolute Gasteiger partial charge is 0.0208 e. The fourth-order valence-corrected chi connectivity index (χ4v) is 3.33. The van der Waals surface area contributed by atoms with Crippen molar-refractivity contribution in [3.05, 3.63) is 34.9 Å². The molecule has 0 spiro atoms. The van der Waals surface area contributed by atoms with E-state index in [2.05, 4.69) is 23.5 Å². The minimum Gasteiger partial charge on any atom is -0.312 e. The van der Waals surface area contributed by atoms with Crippen LogP contribution in [0.4, 0.5) is 0 Å². The van der Waals surface area contributed by atoms with Gasteiger partial charge >= 0.3 is 0 Å². The molecule has 0 radical (unpaired) electrons. The van der Waals surface area contributed by atoms with Gasteiger partial charge in [0, 0.05) is 6.54 Å². The third-order valence-corrected chi connectivity index (χ3v) is 4.22. The molecule has 1 aromatic carbocycles. The summed E-state index contributed by atoms with van der Waals surface area (Å²) in [5.74, 6) is 0.974. The standard InChI is InChI=1S/C15H21N/c1-2-5-12(4-1)10-13-6-3-7-14-11-16-9-8-15(13)14/h3,6-7,12,16H,1-2,4-5,8-11H2. The Balaban J connectivity index is 1.82. The summed E-state index contributed by atoms with van der Waals surface area (Å²) in [7, 11) is 0. The highest BCUT2D eigenvalue weighted by Gasteiger charge is 2.18. The van der Waals surface area contributed by atoms with Gasteiger partial charge in [-0.25, -0.2) is 0 Å². The molecule has 1 nitrogen and oxygen atoms in total. The minimum atomic E-state index is 0.974. The number of nitrogens with one attached hydrogen (secondary N) is 1. The Hall–Kier alpha value is -0.820. The van der Waals surface area contributed by atoms with Gasteiger partial charge in [-0.2, -0.15) is 0 Å². The van der Waals surface area contributed by atoms with Crippen LogP contribution in [0.25, 0.3) is 0 Å². The van der Waals surface area contributed by atoms with E-state index in [0.29, 0.717) is 0 Å². The van der Waals surface area contributed by atoms with Gasteiger partial charge in [-0.3, -0.25) is 0 Å². The fraction of sp³-hybridized carbons (Fsp3) is 0.600. The lowest BCUT2D eigenvalue weighted by atomic mass is 9.89. The summed E-state index contributed by atoms with van der Waals surface area (Å²) in [6.45, 7) is 2.24. The van der Waals surface area contributed by atoms with Gasteiger partial charge in [0.1, 0.15) is 0 Å². The first-order valence-corrected chi connectivity index (χ1v) is 6.74. The van der Waals surface area contributed by atoms with Crippen molar-refractivity contribution in [2.24, 2.45) is 5.92 Å². The van der Waals surface area contributed by atoms with Gasteiger partial charge in [-0.05, 0) is 42.0 Å². The average molecular weight is 215 g/mol. The fourth-order valence-electron chi connectivity index (χ4n) is 3.33. The zero-order valence-electron chi connectivity index (χ0n) is 9.97. The Morgan fingerprint density at radius 2 is 2.06 bits per heavy atom. The van der Waals surface area contributed by atoms with Crippen molar-refractivity contribution in [2.75, 3.05) is 6.54 Å². The maximum atomic E-state index is 3.46. The SMILES string of the molecule is c1cc2c(c(CC3CCCC3)c1)CCNC2. The summed E-state index contributed by atoms with van der Waals surface area (Å²) in [4.78, 5) is 0. The molecule has 1 heterocycles. The van der Waals surface area contributed by atoms with Crippen molar-refractivity contribution >= 4 is 0 Å². The molecule has 16 heavy (non-hydrogen) atoms. The Bertz CT molecular complexity index is 364. The molecule has 1 aliphatic heterocycles. The van der Waals surface area contributed by atoms with Gasteiger partial charge < -0.3 is 5.32 Å². The van der Waals surface area contributed by atoms with Crippen molar-refractivity contribution in [3.8, 4) is 0 Å². The quantitative estimate of drug-likeness (QED) is 0.799. The van der Waals surface area contributed by atoms with Crippen molar-refractivity contribution in [3.63, 3.8) is 0 Å². The molecule has 1 saturated carbocycles. The first kappa shape index (κ1) is 10.3. The molecule has 1 heteroatoms. The molecule has 0 amide bonds. The van der Waals surface area contributed by atoms with Crippen LogP contribution in [0.5, 0.6) is 0 Å². The topological polar surface area (TPSA) is 12.0 Å². The second-order valence-electron chi connectivity index (χ2n) is 5.34. The van der Waals surface area contributed by atoms with Crippen LogP contribution in [0.2, 0.25) is 0 Å². The summed E-state index contributed by atoms with van der Waals surface area (Å²) < 4.78 is 0. The first-order chi connectivity index (χ1) is 7.93. The molecular formula is C15H21N. The van der Waals surface area contributed by atoms with Gasteiger partial charge in [0.25, 0.3) is 0 Å². The molecule has 1 fully saturated rings. The molecule has 2 aliphatic rings. The van der Waals surface area contributed by atoms with E-state index in [1.807, 2.05) is 0 Å². The van der Waals surface area contributed by atoms with Gasteiger partial charge in [-0.15, -0.1) is 0 Å². The zero-order valence-corrected chi connectivity index (χ0v) is 9.97. The maximum Gasteiger partial charge on any atom is 0.0208 e. The predicted molar refractivity (Wildman–Crippen MR) is 67.5 cm³/mol. The van der Waals surface area contributed by atoms with Crippen LogP contribution in [0.15, 0.2) is 18.2 Å². The third kappa shape index (κ3) is 2.01. The van der Waals surface area contributed by atoms with E-state index in [4.69, 9.17) is 0 Å². The number of fused-ring (bicyclic) bond motifs is 1. The monoisotopic (exact) mass is 215 g/mol. The molecule has 0 atom stereocenters. The van der Waals surface area contributed by atoms with Crippen LogP contribution in [-0.4, -0.2) is 6.54 Å². The molecule has 0 aromatic heterocycles. The van der Waals surface area contributed by atoms with E-state index in [1.54, 1.807) is 16.7 Å². The van der Waals surface area contributed by atoms with Crippen LogP contribution in [0.1, 0.15) is 42.4 Å². The molecule has 0 unspecified atom stereocenters. The summed E-state index contributed by atoms with van der Waals surface area (Å²) in [6, 6.07) is 6.90. The van der Waals surface area contributed by atoms with E-state index in [-0.39, 0.29) is 0 Å². The second kappa shape index (κ2) is 4.58. The van der Waals surface area contributed by atoms with Crippen LogP contribution in [-0.2, 0) is 19.4 Å². The molecule has 86 valence electrons. The van der Waals surface area contributed by atoms with Gasteiger partial charge in [0.05, 0.1) is 0 Å². The summed E-state index contributed by atoms with van der Waals surface area (Å²) >= 11 is 0. The summed E-state index contributed by atoms with van der Waals surface area (Å²) in [5.41, 5.74) is 4.85. The molecular weight excluding hydrogens is 194 g/mol. The molecule has 0 bridgehead atoms. The minimum absolute atomic E-state index is 0.974. The number of hydrogen-bond acceptors (Lipinski definition) is 1.